The monoisotopic (exact) mass is 401 g/mol. The smallest absolute Gasteiger partial charge is 0.407 e. The molecule has 2 aromatic rings. The molecule has 0 atom stereocenters. The van der Waals surface area contributed by atoms with E-state index in [0.29, 0.717) is 42.7 Å². The van der Waals surface area contributed by atoms with E-state index in [1.165, 1.54) is 23.7 Å². The minimum atomic E-state index is -0.964. The summed E-state index contributed by atoms with van der Waals surface area (Å²) in [6, 6.07) is 7.65. The summed E-state index contributed by atoms with van der Waals surface area (Å²) in [5, 5.41) is 9.62. The van der Waals surface area contributed by atoms with Crippen molar-refractivity contribution in [2.45, 2.75) is 18.2 Å². The molecule has 0 bridgehead atoms. The van der Waals surface area contributed by atoms with E-state index >= 15 is 0 Å². The molecule has 0 saturated heterocycles. The standard InChI is InChI=1S/C19H23N5O3S/c1-22-8-9-24(17(25)15-10-20-18(28-3)21-16(15)22)12-14-6-4-13(5-7-14)11-23(2)19(26)27/h4-7,10H,8-9,11-12H2,1-3H3,(H,26,27). The molecule has 0 unspecified atom stereocenters. The van der Waals surface area contributed by atoms with Crippen LogP contribution in [-0.4, -0.2) is 70.3 Å². The fourth-order valence-corrected chi connectivity index (χ4v) is 3.34. The number of thioether (sulfide) groups is 1. The number of fused-ring (bicyclic) bond motifs is 1. The summed E-state index contributed by atoms with van der Waals surface area (Å²) in [6.07, 6.45) is 2.55. The number of hydrogen-bond acceptors (Lipinski definition) is 6. The van der Waals surface area contributed by atoms with Gasteiger partial charge in [0.1, 0.15) is 11.4 Å². The van der Waals surface area contributed by atoms with Gasteiger partial charge < -0.3 is 19.8 Å². The van der Waals surface area contributed by atoms with Gasteiger partial charge in [0.2, 0.25) is 0 Å². The molecule has 1 aliphatic heterocycles. The Morgan fingerprint density at radius 1 is 1.25 bits per heavy atom. The summed E-state index contributed by atoms with van der Waals surface area (Å²) in [5.41, 5.74) is 2.40. The van der Waals surface area contributed by atoms with Crippen molar-refractivity contribution in [1.82, 2.24) is 19.8 Å². The number of anilines is 1. The first-order valence-electron chi connectivity index (χ1n) is 8.82. The van der Waals surface area contributed by atoms with E-state index in [0.717, 1.165) is 11.1 Å². The van der Waals surface area contributed by atoms with Crippen LogP contribution in [0.25, 0.3) is 0 Å². The second kappa shape index (κ2) is 8.47. The third-order valence-electron chi connectivity index (χ3n) is 4.66. The summed E-state index contributed by atoms with van der Waals surface area (Å²) >= 11 is 1.45. The molecule has 9 heteroatoms. The predicted octanol–water partition coefficient (Wildman–Crippen LogP) is 2.40. The van der Waals surface area contributed by atoms with Crippen LogP contribution in [0.5, 0.6) is 0 Å². The molecule has 0 fully saturated rings. The number of carbonyl (C=O) groups is 2. The number of benzene rings is 1. The van der Waals surface area contributed by atoms with Crippen molar-refractivity contribution in [2.24, 2.45) is 0 Å². The number of nitrogens with zero attached hydrogens (tertiary/aromatic N) is 5. The number of rotatable bonds is 5. The summed E-state index contributed by atoms with van der Waals surface area (Å²) in [4.78, 5) is 37.7. The second-order valence-corrected chi connectivity index (χ2v) is 7.47. The largest absolute Gasteiger partial charge is 0.465 e. The number of hydrogen-bond donors (Lipinski definition) is 1. The molecule has 1 aromatic heterocycles. The predicted molar refractivity (Wildman–Crippen MR) is 108 cm³/mol. The van der Waals surface area contributed by atoms with Crippen LogP contribution in [0.1, 0.15) is 21.5 Å². The first-order valence-corrected chi connectivity index (χ1v) is 10.0. The van der Waals surface area contributed by atoms with Gasteiger partial charge in [-0.25, -0.2) is 14.8 Å². The van der Waals surface area contributed by atoms with E-state index in [1.807, 2.05) is 42.5 Å². The quantitative estimate of drug-likeness (QED) is 0.608. The average Bonchev–Trinajstić information content (AvgIpc) is 2.81. The topological polar surface area (TPSA) is 89.9 Å². The molecular weight excluding hydrogens is 378 g/mol. The van der Waals surface area contributed by atoms with Gasteiger partial charge in [-0.05, 0) is 17.4 Å². The van der Waals surface area contributed by atoms with E-state index in [4.69, 9.17) is 5.11 Å². The van der Waals surface area contributed by atoms with Crippen molar-refractivity contribution in [3.05, 3.63) is 47.2 Å². The Kier molecular flexibility index (Phi) is 6.03. The SMILES string of the molecule is CSc1ncc2c(n1)N(C)CCN(Cc1ccc(CN(C)C(=O)O)cc1)C2=O. The fraction of sp³-hybridized carbons (Fsp3) is 0.368. The zero-order valence-electron chi connectivity index (χ0n) is 16.1. The first kappa shape index (κ1) is 19.9. The molecule has 1 N–H and O–H groups in total. The van der Waals surface area contributed by atoms with Gasteiger partial charge in [-0.15, -0.1) is 0 Å². The highest BCUT2D eigenvalue weighted by Gasteiger charge is 2.27. The van der Waals surface area contributed by atoms with Crippen LogP contribution in [0.4, 0.5) is 10.6 Å². The molecule has 0 saturated carbocycles. The molecule has 28 heavy (non-hydrogen) atoms. The number of likely N-dealkylation sites (N-methyl/N-ethyl adjacent to an activating group) is 1. The number of carboxylic acid groups (broad SMARTS) is 1. The summed E-state index contributed by atoms with van der Waals surface area (Å²) < 4.78 is 0. The molecule has 2 heterocycles. The highest BCUT2D eigenvalue weighted by molar-refractivity contribution is 7.98. The average molecular weight is 401 g/mol. The van der Waals surface area contributed by atoms with E-state index in [9.17, 15) is 9.59 Å². The van der Waals surface area contributed by atoms with Gasteiger partial charge in [0.15, 0.2) is 5.16 Å². The van der Waals surface area contributed by atoms with Gasteiger partial charge in [-0.2, -0.15) is 0 Å². The third-order valence-corrected chi connectivity index (χ3v) is 5.22. The summed E-state index contributed by atoms with van der Waals surface area (Å²) in [5.74, 6) is 0.584. The zero-order chi connectivity index (χ0) is 20.3. The lowest BCUT2D eigenvalue weighted by Gasteiger charge is -2.21. The molecule has 1 aliphatic rings. The number of amides is 2. The van der Waals surface area contributed by atoms with E-state index in [-0.39, 0.29) is 5.91 Å². The molecule has 2 amide bonds. The van der Waals surface area contributed by atoms with Crippen LogP contribution in [0.2, 0.25) is 0 Å². The number of aromatic nitrogens is 2. The lowest BCUT2D eigenvalue weighted by molar-refractivity contribution is 0.0754. The first-order chi connectivity index (χ1) is 13.4. The van der Waals surface area contributed by atoms with Crippen molar-refractivity contribution in [1.29, 1.82) is 0 Å². The van der Waals surface area contributed by atoms with E-state index < -0.39 is 6.09 Å². The minimum absolute atomic E-state index is 0.0818. The Hall–Kier alpha value is -2.81. The normalized spacial score (nSPS) is 13.9. The van der Waals surface area contributed by atoms with Gasteiger partial charge in [0.05, 0.1) is 0 Å². The maximum absolute atomic E-state index is 13.0. The van der Waals surface area contributed by atoms with Crippen molar-refractivity contribution in [2.75, 3.05) is 38.3 Å². The Labute approximate surface area is 168 Å². The van der Waals surface area contributed by atoms with Crippen molar-refractivity contribution < 1.29 is 14.7 Å². The zero-order valence-corrected chi connectivity index (χ0v) is 16.9. The molecule has 148 valence electrons. The van der Waals surface area contributed by atoms with E-state index in [2.05, 4.69) is 9.97 Å². The molecule has 0 aliphatic carbocycles. The Morgan fingerprint density at radius 3 is 2.57 bits per heavy atom. The Balaban J connectivity index is 1.75. The van der Waals surface area contributed by atoms with Gasteiger partial charge in [-0.1, -0.05) is 36.0 Å². The van der Waals surface area contributed by atoms with Crippen molar-refractivity contribution >= 4 is 29.6 Å². The van der Waals surface area contributed by atoms with Gasteiger partial charge >= 0.3 is 6.09 Å². The molecule has 8 nitrogen and oxygen atoms in total. The summed E-state index contributed by atoms with van der Waals surface area (Å²) in [6.45, 7) is 2.08. The highest BCUT2D eigenvalue weighted by atomic mass is 32.2. The Bertz CT molecular complexity index is 874. The van der Waals surface area contributed by atoms with Gasteiger partial charge in [0.25, 0.3) is 5.91 Å². The molecular formula is C19H23N5O3S. The van der Waals surface area contributed by atoms with Crippen LogP contribution in [0.15, 0.2) is 35.6 Å². The van der Waals surface area contributed by atoms with Gasteiger partial charge in [-0.3, -0.25) is 4.79 Å². The second-order valence-electron chi connectivity index (χ2n) is 6.70. The van der Waals surface area contributed by atoms with Crippen molar-refractivity contribution in [3.63, 3.8) is 0 Å². The van der Waals surface area contributed by atoms with E-state index in [1.54, 1.807) is 11.1 Å². The van der Waals surface area contributed by atoms with Crippen LogP contribution in [-0.2, 0) is 13.1 Å². The maximum atomic E-state index is 13.0. The molecule has 3 rings (SSSR count). The molecule has 1 aromatic carbocycles. The number of carbonyl (C=O) groups excluding carboxylic acids is 1. The van der Waals surface area contributed by atoms with Gasteiger partial charge in [0, 0.05) is 46.5 Å². The van der Waals surface area contributed by atoms with Crippen LogP contribution in [0, 0.1) is 0 Å². The van der Waals surface area contributed by atoms with Crippen LogP contribution >= 0.6 is 11.8 Å². The molecule has 0 radical (unpaired) electrons. The molecule has 0 spiro atoms. The van der Waals surface area contributed by atoms with Crippen LogP contribution in [0.3, 0.4) is 0 Å². The minimum Gasteiger partial charge on any atom is -0.465 e. The third kappa shape index (κ3) is 4.36. The summed E-state index contributed by atoms with van der Waals surface area (Å²) in [7, 11) is 3.46. The maximum Gasteiger partial charge on any atom is 0.407 e. The lowest BCUT2D eigenvalue weighted by atomic mass is 10.1. The highest BCUT2D eigenvalue weighted by Crippen LogP contribution is 2.24. The van der Waals surface area contributed by atoms with Crippen molar-refractivity contribution in [3.8, 4) is 0 Å². The van der Waals surface area contributed by atoms with Crippen LogP contribution < -0.4 is 4.90 Å². The fourth-order valence-electron chi connectivity index (χ4n) is 3.01. The lowest BCUT2D eigenvalue weighted by Crippen LogP contribution is -2.33. The Morgan fingerprint density at radius 2 is 1.93 bits per heavy atom.